The molecule has 1 amide bonds. The number of thiazole rings is 1. The second-order valence-electron chi connectivity index (χ2n) is 7.77. The number of hydrogen-bond acceptors (Lipinski definition) is 7. The Hall–Kier alpha value is -2.37. The summed E-state index contributed by atoms with van der Waals surface area (Å²) in [5.41, 5.74) is 2.38. The van der Waals surface area contributed by atoms with Crippen molar-refractivity contribution in [3.05, 3.63) is 53.6 Å². The fourth-order valence-electron chi connectivity index (χ4n) is 3.19. The zero-order chi connectivity index (χ0) is 24.0. The van der Waals surface area contributed by atoms with E-state index in [0.717, 1.165) is 10.2 Å². The molecule has 0 bridgehead atoms. The molecular formula is C23H29N3O5S2. The van der Waals surface area contributed by atoms with Gasteiger partial charge in [-0.1, -0.05) is 31.3 Å². The molecule has 178 valence electrons. The maximum absolute atomic E-state index is 13.0. The molecule has 1 N–H and O–H groups in total. The smallest absolute Gasteiger partial charge is 0.257 e. The average molecular weight is 492 g/mol. The minimum atomic E-state index is -3.74. The second-order valence-corrected chi connectivity index (χ2v) is 10.7. The minimum Gasteiger partial charge on any atom is -0.383 e. The molecule has 0 atom stereocenters. The monoisotopic (exact) mass is 491 g/mol. The Balaban J connectivity index is 1.74. The van der Waals surface area contributed by atoms with Crippen molar-refractivity contribution in [2.75, 3.05) is 45.8 Å². The summed E-state index contributed by atoms with van der Waals surface area (Å²) in [6.45, 7) is 5.21. The third-order valence-corrected chi connectivity index (χ3v) is 7.99. The number of ether oxygens (including phenoxy) is 2. The van der Waals surface area contributed by atoms with Gasteiger partial charge in [0.2, 0.25) is 10.0 Å². The lowest BCUT2D eigenvalue weighted by Gasteiger charge is -2.21. The number of carbonyl (C=O) groups excluding carboxylic acids is 1. The van der Waals surface area contributed by atoms with Gasteiger partial charge in [-0.25, -0.2) is 13.4 Å². The minimum absolute atomic E-state index is 0.104. The number of amides is 1. The number of carbonyl (C=O) groups is 1. The first-order valence-corrected chi connectivity index (χ1v) is 12.8. The first-order chi connectivity index (χ1) is 15.8. The molecule has 2 aromatic carbocycles. The number of anilines is 1. The number of aromatic nitrogens is 1. The zero-order valence-corrected chi connectivity index (χ0v) is 20.8. The van der Waals surface area contributed by atoms with Crippen molar-refractivity contribution < 1.29 is 22.7 Å². The highest BCUT2D eigenvalue weighted by Crippen LogP contribution is 2.29. The van der Waals surface area contributed by atoms with Gasteiger partial charge in [0, 0.05) is 32.9 Å². The van der Waals surface area contributed by atoms with Crippen LogP contribution in [0.4, 0.5) is 5.13 Å². The molecule has 33 heavy (non-hydrogen) atoms. The van der Waals surface area contributed by atoms with Gasteiger partial charge in [-0.05, 0) is 47.9 Å². The van der Waals surface area contributed by atoms with Crippen LogP contribution in [0.15, 0.2) is 47.4 Å². The molecule has 10 heteroatoms. The van der Waals surface area contributed by atoms with Crippen LogP contribution in [-0.4, -0.2) is 64.1 Å². The Morgan fingerprint density at radius 3 is 2.27 bits per heavy atom. The highest BCUT2D eigenvalue weighted by atomic mass is 32.2. The molecule has 0 fully saturated rings. The molecule has 0 spiro atoms. The van der Waals surface area contributed by atoms with E-state index < -0.39 is 10.0 Å². The number of rotatable bonds is 11. The van der Waals surface area contributed by atoms with E-state index in [0.29, 0.717) is 16.6 Å². The molecule has 0 saturated heterocycles. The van der Waals surface area contributed by atoms with Gasteiger partial charge in [0.05, 0.1) is 28.3 Å². The summed E-state index contributed by atoms with van der Waals surface area (Å²) < 4.78 is 38.4. The van der Waals surface area contributed by atoms with Crippen LogP contribution in [0.5, 0.6) is 0 Å². The number of nitrogens with zero attached hydrogens (tertiary/aromatic N) is 2. The van der Waals surface area contributed by atoms with Crippen molar-refractivity contribution in [1.29, 1.82) is 0 Å². The Bertz CT molecular complexity index is 1180. The molecule has 3 rings (SSSR count). The molecule has 0 aliphatic heterocycles. The topological polar surface area (TPSA) is 97.8 Å². The number of sulfonamides is 1. The summed E-state index contributed by atoms with van der Waals surface area (Å²) in [5.74, 6) is 0.0574. The van der Waals surface area contributed by atoms with Crippen LogP contribution in [-0.2, 0) is 19.5 Å². The predicted octanol–water partition coefficient (Wildman–Crippen LogP) is 3.96. The molecule has 8 nitrogen and oxygen atoms in total. The average Bonchev–Trinajstić information content (AvgIpc) is 3.20. The molecule has 0 aliphatic carbocycles. The van der Waals surface area contributed by atoms with Gasteiger partial charge in [-0.2, -0.15) is 4.31 Å². The highest BCUT2D eigenvalue weighted by Gasteiger charge is 2.24. The molecule has 1 aromatic heterocycles. The summed E-state index contributed by atoms with van der Waals surface area (Å²) in [6, 6.07) is 11.9. The summed E-state index contributed by atoms with van der Waals surface area (Å²) in [4.78, 5) is 17.3. The van der Waals surface area contributed by atoms with Crippen molar-refractivity contribution in [3.8, 4) is 0 Å². The van der Waals surface area contributed by atoms with E-state index in [1.807, 2.05) is 12.1 Å². The van der Waals surface area contributed by atoms with Crippen LogP contribution >= 0.6 is 11.3 Å². The van der Waals surface area contributed by atoms with Crippen molar-refractivity contribution in [3.63, 3.8) is 0 Å². The van der Waals surface area contributed by atoms with Crippen LogP contribution in [0.25, 0.3) is 10.2 Å². The third-order valence-electron chi connectivity index (χ3n) is 5.14. The number of fused-ring (bicyclic) bond motifs is 1. The Labute approximate surface area is 198 Å². The fourth-order valence-corrected chi connectivity index (χ4v) is 5.51. The first kappa shape index (κ1) is 25.3. The van der Waals surface area contributed by atoms with E-state index >= 15 is 0 Å². The van der Waals surface area contributed by atoms with Gasteiger partial charge < -0.3 is 9.47 Å². The largest absolute Gasteiger partial charge is 0.383 e. The second kappa shape index (κ2) is 11.2. The number of benzene rings is 2. The summed E-state index contributed by atoms with van der Waals surface area (Å²) in [5, 5.41) is 3.31. The molecule has 0 radical (unpaired) electrons. The van der Waals surface area contributed by atoms with E-state index in [9.17, 15) is 13.2 Å². The standard InChI is InChI=1S/C23H29N3O5S2/c1-16(2)18-7-10-20-21(15-18)32-23(24-20)25-22(27)17-5-8-19(9-6-17)33(28,29)26(11-13-30-3)12-14-31-4/h5-10,15-16H,11-14H2,1-4H3,(H,24,25,27). The number of nitrogens with one attached hydrogen (secondary N) is 1. The van der Waals surface area contributed by atoms with Crippen molar-refractivity contribution in [2.45, 2.75) is 24.7 Å². The normalized spacial score (nSPS) is 12.1. The van der Waals surface area contributed by atoms with Crippen LogP contribution in [0.2, 0.25) is 0 Å². The van der Waals surface area contributed by atoms with Crippen molar-refractivity contribution in [2.24, 2.45) is 0 Å². The lowest BCUT2D eigenvalue weighted by Crippen LogP contribution is -2.36. The Morgan fingerprint density at radius 1 is 1.06 bits per heavy atom. The van der Waals surface area contributed by atoms with Crippen LogP contribution in [0, 0.1) is 0 Å². The van der Waals surface area contributed by atoms with Gasteiger partial charge in [-0.3, -0.25) is 10.1 Å². The maximum atomic E-state index is 13.0. The van der Waals surface area contributed by atoms with E-state index in [1.54, 1.807) is 0 Å². The molecular weight excluding hydrogens is 462 g/mol. The van der Waals surface area contributed by atoms with Gasteiger partial charge in [0.15, 0.2) is 5.13 Å². The SMILES string of the molecule is COCCN(CCOC)S(=O)(=O)c1ccc(C(=O)Nc2nc3ccc(C(C)C)cc3s2)cc1. The van der Waals surface area contributed by atoms with Gasteiger partial charge in [0.1, 0.15) is 0 Å². The molecule has 0 unspecified atom stereocenters. The lowest BCUT2D eigenvalue weighted by atomic mass is 10.0. The van der Waals surface area contributed by atoms with Gasteiger partial charge >= 0.3 is 0 Å². The van der Waals surface area contributed by atoms with Gasteiger partial charge in [0.25, 0.3) is 5.91 Å². The van der Waals surface area contributed by atoms with E-state index in [2.05, 4.69) is 30.2 Å². The predicted molar refractivity (Wildman–Crippen MR) is 131 cm³/mol. The molecule has 1 heterocycles. The van der Waals surface area contributed by atoms with Crippen LogP contribution in [0.1, 0.15) is 35.7 Å². The maximum Gasteiger partial charge on any atom is 0.257 e. The first-order valence-electron chi connectivity index (χ1n) is 10.6. The summed E-state index contributed by atoms with van der Waals surface area (Å²) >= 11 is 1.41. The molecule has 3 aromatic rings. The lowest BCUT2D eigenvalue weighted by molar-refractivity contribution is 0.102. The van der Waals surface area contributed by atoms with E-state index in [1.165, 1.54) is 59.7 Å². The number of methoxy groups -OCH3 is 2. The zero-order valence-electron chi connectivity index (χ0n) is 19.2. The Kier molecular flexibility index (Phi) is 8.55. The summed E-state index contributed by atoms with van der Waals surface area (Å²) in [7, 11) is -0.710. The molecule has 0 aliphatic rings. The third kappa shape index (κ3) is 6.15. The fraction of sp³-hybridized carbons (Fsp3) is 0.391. The van der Waals surface area contributed by atoms with Crippen molar-refractivity contribution in [1.82, 2.24) is 9.29 Å². The van der Waals surface area contributed by atoms with Gasteiger partial charge in [-0.15, -0.1) is 0 Å². The van der Waals surface area contributed by atoms with Crippen molar-refractivity contribution >= 4 is 42.6 Å². The highest BCUT2D eigenvalue weighted by molar-refractivity contribution is 7.89. The molecule has 0 saturated carbocycles. The summed E-state index contributed by atoms with van der Waals surface area (Å²) in [6.07, 6.45) is 0. The van der Waals surface area contributed by atoms with Crippen LogP contribution < -0.4 is 5.32 Å². The van der Waals surface area contributed by atoms with E-state index in [-0.39, 0.29) is 37.1 Å². The van der Waals surface area contributed by atoms with Crippen LogP contribution in [0.3, 0.4) is 0 Å². The number of hydrogen-bond donors (Lipinski definition) is 1. The van der Waals surface area contributed by atoms with E-state index in [4.69, 9.17) is 9.47 Å². The quantitative estimate of drug-likeness (QED) is 0.436. The Morgan fingerprint density at radius 2 is 1.70 bits per heavy atom.